The van der Waals surface area contributed by atoms with Crippen LogP contribution in [-0.4, -0.2) is 18.0 Å². The maximum absolute atomic E-state index is 9.40. The van der Waals surface area contributed by atoms with Gasteiger partial charge in [0.1, 0.15) is 5.76 Å². The molecule has 3 heteroatoms. The van der Waals surface area contributed by atoms with Crippen LogP contribution >= 0.6 is 0 Å². The Morgan fingerprint density at radius 2 is 1.90 bits per heavy atom. The third-order valence-electron chi connectivity index (χ3n) is 4.32. The molecular formula is C18H20N2O. The molecule has 1 unspecified atom stereocenters. The van der Waals surface area contributed by atoms with E-state index < -0.39 is 0 Å². The molecule has 1 aromatic carbocycles. The van der Waals surface area contributed by atoms with Crippen LogP contribution in [0.5, 0.6) is 0 Å². The molecule has 1 fully saturated rings. The maximum Gasteiger partial charge on any atom is 0.156 e. The summed E-state index contributed by atoms with van der Waals surface area (Å²) in [6.45, 7) is 1.94. The van der Waals surface area contributed by atoms with E-state index in [9.17, 15) is 5.26 Å². The summed E-state index contributed by atoms with van der Waals surface area (Å²) in [4.78, 5) is 2.24. The molecule has 2 aromatic rings. The zero-order valence-corrected chi connectivity index (χ0v) is 12.1. The van der Waals surface area contributed by atoms with Crippen LogP contribution < -0.4 is 0 Å². The zero-order chi connectivity index (χ0) is 14.5. The van der Waals surface area contributed by atoms with Crippen LogP contribution in [0.15, 0.2) is 53.1 Å². The van der Waals surface area contributed by atoms with Crippen LogP contribution in [0.2, 0.25) is 0 Å². The van der Waals surface area contributed by atoms with E-state index in [0.29, 0.717) is 0 Å². The molecule has 1 saturated heterocycles. The van der Waals surface area contributed by atoms with Gasteiger partial charge in [-0.15, -0.1) is 0 Å². The Balaban J connectivity index is 1.56. The van der Waals surface area contributed by atoms with Crippen molar-refractivity contribution in [3.63, 3.8) is 0 Å². The van der Waals surface area contributed by atoms with Gasteiger partial charge in [-0.1, -0.05) is 30.3 Å². The van der Waals surface area contributed by atoms with E-state index in [-0.39, 0.29) is 6.04 Å². The van der Waals surface area contributed by atoms with Crippen LogP contribution in [0.1, 0.15) is 30.2 Å². The van der Waals surface area contributed by atoms with Crippen LogP contribution in [0.4, 0.5) is 0 Å². The molecule has 0 bridgehead atoms. The molecule has 1 aromatic heterocycles. The second-order valence-corrected chi connectivity index (χ2v) is 5.72. The zero-order valence-electron chi connectivity index (χ0n) is 12.1. The van der Waals surface area contributed by atoms with E-state index in [0.717, 1.165) is 44.0 Å². The first-order valence-corrected chi connectivity index (χ1v) is 7.58. The van der Waals surface area contributed by atoms with E-state index in [1.54, 1.807) is 6.26 Å². The molecule has 0 N–H and O–H groups in total. The van der Waals surface area contributed by atoms with E-state index in [2.05, 4.69) is 41.3 Å². The van der Waals surface area contributed by atoms with E-state index in [4.69, 9.17) is 4.42 Å². The summed E-state index contributed by atoms with van der Waals surface area (Å²) in [5, 5.41) is 9.40. The standard InChI is InChI=1S/C18H20N2O/c19-14-17(18-7-4-12-21-18)20-10-8-16(9-11-20)13-15-5-2-1-3-6-15/h1-7,12,16-17H,8-11,13H2. The van der Waals surface area contributed by atoms with Crippen molar-refractivity contribution in [1.82, 2.24) is 4.90 Å². The van der Waals surface area contributed by atoms with Gasteiger partial charge in [-0.2, -0.15) is 5.26 Å². The Kier molecular flexibility index (Phi) is 4.37. The van der Waals surface area contributed by atoms with Gasteiger partial charge in [0.15, 0.2) is 6.04 Å². The summed E-state index contributed by atoms with van der Waals surface area (Å²) < 4.78 is 5.40. The van der Waals surface area contributed by atoms with Crippen molar-refractivity contribution >= 4 is 0 Å². The number of likely N-dealkylation sites (tertiary alicyclic amines) is 1. The highest BCUT2D eigenvalue weighted by molar-refractivity contribution is 5.16. The second kappa shape index (κ2) is 6.60. The molecule has 0 radical (unpaired) electrons. The summed E-state index contributed by atoms with van der Waals surface area (Å²) in [5.74, 6) is 1.48. The fraction of sp³-hybridized carbons (Fsp3) is 0.389. The van der Waals surface area contributed by atoms with E-state index in [1.165, 1.54) is 5.56 Å². The number of nitrogens with zero attached hydrogens (tertiary/aromatic N) is 2. The summed E-state index contributed by atoms with van der Waals surface area (Å²) in [6.07, 6.45) is 5.08. The van der Waals surface area contributed by atoms with Gasteiger partial charge in [0.05, 0.1) is 12.3 Å². The molecule has 0 spiro atoms. The normalized spacial score (nSPS) is 18.2. The molecule has 1 atom stereocenters. The smallest absolute Gasteiger partial charge is 0.156 e. The van der Waals surface area contributed by atoms with Crippen molar-refractivity contribution in [3.8, 4) is 6.07 Å². The Bertz CT molecular complexity index is 577. The highest BCUT2D eigenvalue weighted by atomic mass is 16.3. The monoisotopic (exact) mass is 280 g/mol. The largest absolute Gasteiger partial charge is 0.467 e. The molecule has 3 rings (SSSR count). The van der Waals surface area contributed by atoms with Crippen molar-refractivity contribution < 1.29 is 4.42 Å². The lowest BCUT2D eigenvalue weighted by molar-refractivity contribution is 0.145. The van der Waals surface area contributed by atoms with Gasteiger partial charge in [0.25, 0.3) is 0 Å². The Hall–Kier alpha value is -2.05. The summed E-state index contributed by atoms with van der Waals surface area (Å²) >= 11 is 0. The van der Waals surface area contributed by atoms with Gasteiger partial charge >= 0.3 is 0 Å². The number of hydrogen-bond acceptors (Lipinski definition) is 3. The topological polar surface area (TPSA) is 40.2 Å². The summed E-state index contributed by atoms with van der Waals surface area (Å²) in [5.41, 5.74) is 1.42. The van der Waals surface area contributed by atoms with Gasteiger partial charge in [0.2, 0.25) is 0 Å². The van der Waals surface area contributed by atoms with Crippen LogP contribution in [0.3, 0.4) is 0 Å². The maximum atomic E-state index is 9.40. The first-order valence-electron chi connectivity index (χ1n) is 7.58. The highest BCUT2D eigenvalue weighted by Gasteiger charge is 2.27. The minimum atomic E-state index is -0.238. The molecule has 2 heterocycles. The summed E-state index contributed by atoms with van der Waals surface area (Å²) in [7, 11) is 0. The first kappa shape index (κ1) is 13.9. The molecule has 108 valence electrons. The Morgan fingerprint density at radius 3 is 2.52 bits per heavy atom. The quantitative estimate of drug-likeness (QED) is 0.855. The van der Waals surface area contributed by atoms with E-state index in [1.807, 2.05) is 12.1 Å². The molecule has 0 amide bonds. The Morgan fingerprint density at radius 1 is 1.14 bits per heavy atom. The van der Waals surface area contributed by atoms with Crippen LogP contribution in [0, 0.1) is 17.2 Å². The second-order valence-electron chi connectivity index (χ2n) is 5.72. The number of hydrogen-bond donors (Lipinski definition) is 0. The average Bonchev–Trinajstić information content (AvgIpc) is 3.05. The number of nitriles is 1. The summed E-state index contributed by atoms with van der Waals surface area (Å²) in [6, 6.07) is 16.5. The lowest BCUT2D eigenvalue weighted by Crippen LogP contribution is -2.36. The van der Waals surface area contributed by atoms with Crippen molar-refractivity contribution in [3.05, 3.63) is 60.1 Å². The van der Waals surface area contributed by atoms with Crippen molar-refractivity contribution in [2.75, 3.05) is 13.1 Å². The molecule has 3 nitrogen and oxygen atoms in total. The van der Waals surface area contributed by atoms with Gasteiger partial charge in [0, 0.05) is 13.1 Å². The third-order valence-corrected chi connectivity index (χ3v) is 4.32. The molecular weight excluding hydrogens is 260 g/mol. The fourth-order valence-corrected chi connectivity index (χ4v) is 3.13. The molecule has 0 saturated carbocycles. The fourth-order valence-electron chi connectivity index (χ4n) is 3.13. The van der Waals surface area contributed by atoms with Crippen molar-refractivity contribution in [1.29, 1.82) is 5.26 Å². The minimum absolute atomic E-state index is 0.238. The Labute approximate surface area is 125 Å². The first-order chi connectivity index (χ1) is 10.4. The van der Waals surface area contributed by atoms with E-state index >= 15 is 0 Å². The molecule has 1 aliphatic heterocycles. The lowest BCUT2D eigenvalue weighted by atomic mass is 9.89. The molecule has 21 heavy (non-hydrogen) atoms. The molecule has 0 aliphatic carbocycles. The average molecular weight is 280 g/mol. The third kappa shape index (κ3) is 3.34. The number of furan rings is 1. The predicted octanol–water partition coefficient (Wildman–Crippen LogP) is 3.80. The van der Waals surface area contributed by atoms with Crippen molar-refractivity contribution in [2.24, 2.45) is 5.92 Å². The van der Waals surface area contributed by atoms with Gasteiger partial charge in [-0.05, 0) is 42.9 Å². The predicted molar refractivity (Wildman–Crippen MR) is 81.5 cm³/mol. The number of benzene rings is 1. The van der Waals surface area contributed by atoms with Crippen molar-refractivity contribution in [2.45, 2.75) is 25.3 Å². The minimum Gasteiger partial charge on any atom is -0.467 e. The van der Waals surface area contributed by atoms with Gasteiger partial charge in [-0.25, -0.2) is 0 Å². The molecule has 1 aliphatic rings. The van der Waals surface area contributed by atoms with Gasteiger partial charge in [-0.3, -0.25) is 4.90 Å². The highest BCUT2D eigenvalue weighted by Crippen LogP contribution is 2.28. The lowest BCUT2D eigenvalue weighted by Gasteiger charge is -2.34. The van der Waals surface area contributed by atoms with Crippen LogP contribution in [0.25, 0.3) is 0 Å². The van der Waals surface area contributed by atoms with Gasteiger partial charge < -0.3 is 4.42 Å². The number of piperidine rings is 1. The van der Waals surface area contributed by atoms with Crippen LogP contribution in [-0.2, 0) is 6.42 Å². The number of rotatable bonds is 4. The SMILES string of the molecule is N#CC(c1ccco1)N1CCC(Cc2ccccc2)CC1.